The molecule has 0 bridgehead atoms. The van der Waals surface area contributed by atoms with Crippen LogP contribution in [0.5, 0.6) is 0 Å². The Morgan fingerprint density at radius 3 is 2.95 bits per heavy atom. The molecular weight excluding hydrogens is 248 g/mol. The average molecular weight is 264 g/mol. The fourth-order valence-electron chi connectivity index (χ4n) is 1.41. The molecule has 0 aromatic carbocycles. The first kappa shape index (κ1) is 14.7. The molecule has 102 valence electrons. The first-order chi connectivity index (χ1) is 9.13. The number of hydrogen-bond donors (Lipinski definition) is 2. The van der Waals surface area contributed by atoms with Crippen molar-refractivity contribution in [1.82, 2.24) is 10.3 Å². The summed E-state index contributed by atoms with van der Waals surface area (Å²) in [6.45, 7) is 4.06. The molecule has 6 heteroatoms. The SMILES string of the molecule is C=CCOC(=O)NCCCc1cncc(C(=O)O)c1. The molecule has 6 nitrogen and oxygen atoms in total. The number of carbonyl (C=O) groups is 2. The van der Waals surface area contributed by atoms with Crippen molar-refractivity contribution in [2.45, 2.75) is 12.8 Å². The quantitative estimate of drug-likeness (QED) is 0.577. The highest BCUT2D eigenvalue weighted by Gasteiger charge is 2.04. The lowest BCUT2D eigenvalue weighted by Crippen LogP contribution is -2.25. The van der Waals surface area contributed by atoms with E-state index in [-0.39, 0.29) is 12.2 Å². The van der Waals surface area contributed by atoms with Gasteiger partial charge in [0, 0.05) is 18.9 Å². The van der Waals surface area contributed by atoms with Gasteiger partial charge in [-0.25, -0.2) is 9.59 Å². The third kappa shape index (κ3) is 5.67. The van der Waals surface area contributed by atoms with Crippen LogP contribution in [0, 0.1) is 0 Å². The fraction of sp³-hybridized carbons (Fsp3) is 0.308. The zero-order valence-electron chi connectivity index (χ0n) is 10.5. The molecule has 0 saturated heterocycles. The van der Waals surface area contributed by atoms with E-state index in [2.05, 4.69) is 16.9 Å². The Morgan fingerprint density at radius 1 is 1.47 bits per heavy atom. The summed E-state index contributed by atoms with van der Waals surface area (Å²) in [4.78, 5) is 25.7. The molecule has 0 saturated carbocycles. The van der Waals surface area contributed by atoms with E-state index in [1.807, 2.05) is 0 Å². The van der Waals surface area contributed by atoms with Crippen molar-refractivity contribution >= 4 is 12.1 Å². The molecule has 0 unspecified atom stereocenters. The highest BCUT2D eigenvalue weighted by atomic mass is 16.5. The van der Waals surface area contributed by atoms with E-state index in [0.717, 1.165) is 5.56 Å². The number of aromatic carboxylic acids is 1. The standard InChI is InChI=1S/C13H16N2O4/c1-2-6-19-13(18)15-5-3-4-10-7-11(12(16)17)9-14-8-10/h2,7-9H,1,3-6H2,(H,15,18)(H,16,17). The number of carboxylic acid groups (broad SMARTS) is 1. The van der Waals surface area contributed by atoms with E-state index in [1.54, 1.807) is 12.3 Å². The number of aryl methyl sites for hydroxylation is 1. The number of rotatable bonds is 7. The second-order valence-corrected chi connectivity index (χ2v) is 3.80. The first-order valence-electron chi connectivity index (χ1n) is 5.82. The molecule has 1 aromatic rings. The van der Waals surface area contributed by atoms with Gasteiger partial charge in [0.25, 0.3) is 0 Å². The molecule has 1 aromatic heterocycles. The van der Waals surface area contributed by atoms with Crippen molar-refractivity contribution in [3.05, 3.63) is 42.2 Å². The Hall–Kier alpha value is -2.37. The summed E-state index contributed by atoms with van der Waals surface area (Å²) in [6, 6.07) is 1.57. The third-order valence-electron chi connectivity index (χ3n) is 2.29. The summed E-state index contributed by atoms with van der Waals surface area (Å²) in [5, 5.41) is 11.4. The summed E-state index contributed by atoms with van der Waals surface area (Å²) in [6.07, 6.45) is 5.23. The third-order valence-corrected chi connectivity index (χ3v) is 2.29. The Balaban J connectivity index is 2.29. The summed E-state index contributed by atoms with van der Waals surface area (Å²) in [5.41, 5.74) is 0.983. The Morgan fingerprint density at radius 2 is 2.26 bits per heavy atom. The number of nitrogens with zero attached hydrogens (tertiary/aromatic N) is 1. The minimum absolute atomic E-state index is 0.163. The number of aromatic nitrogens is 1. The maximum Gasteiger partial charge on any atom is 0.407 e. The van der Waals surface area contributed by atoms with Crippen molar-refractivity contribution in [1.29, 1.82) is 0 Å². The minimum Gasteiger partial charge on any atom is -0.478 e. The van der Waals surface area contributed by atoms with Crippen LogP contribution in [0.15, 0.2) is 31.1 Å². The molecule has 0 fully saturated rings. The van der Waals surface area contributed by atoms with Gasteiger partial charge in [0.1, 0.15) is 6.61 Å². The van der Waals surface area contributed by atoms with Gasteiger partial charge in [-0.15, -0.1) is 0 Å². The number of ether oxygens (including phenoxy) is 1. The van der Waals surface area contributed by atoms with Gasteiger partial charge in [0.2, 0.25) is 0 Å². The molecule has 0 aliphatic carbocycles. The molecule has 0 radical (unpaired) electrons. The topological polar surface area (TPSA) is 88.5 Å². The zero-order chi connectivity index (χ0) is 14.1. The van der Waals surface area contributed by atoms with Gasteiger partial charge >= 0.3 is 12.1 Å². The highest BCUT2D eigenvalue weighted by Crippen LogP contribution is 2.05. The van der Waals surface area contributed by atoms with E-state index < -0.39 is 12.1 Å². The second-order valence-electron chi connectivity index (χ2n) is 3.80. The lowest BCUT2D eigenvalue weighted by atomic mass is 10.1. The van der Waals surface area contributed by atoms with Gasteiger partial charge in [-0.1, -0.05) is 12.7 Å². The van der Waals surface area contributed by atoms with Crippen molar-refractivity contribution < 1.29 is 19.4 Å². The van der Waals surface area contributed by atoms with E-state index in [1.165, 1.54) is 12.3 Å². The molecular formula is C13H16N2O4. The van der Waals surface area contributed by atoms with Crippen LogP contribution >= 0.6 is 0 Å². The zero-order valence-corrected chi connectivity index (χ0v) is 10.5. The summed E-state index contributed by atoms with van der Waals surface area (Å²) < 4.78 is 4.74. The average Bonchev–Trinajstić information content (AvgIpc) is 2.41. The van der Waals surface area contributed by atoms with Gasteiger partial charge in [-0.05, 0) is 24.5 Å². The number of hydrogen-bond acceptors (Lipinski definition) is 4. The van der Waals surface area contributed by atoms with E-state index in [9.17, 15) is 9.59 Å². The van der Waals surface area contributed by atoms with Gasteiger partial charge in [0.05, 0.1) is 5.56 Å². The number of pyridine rings is 1. The monoisotopic (exact) mass is 264 g/mol. The Labute approximate surface area is 111 Å². The second kappa shape index (κ2) is 7.86. The van der Waals surface area contributed by atoms with Crippen LogP contribution in [-0.4, -0.2) is 35.3 Å². The van der Waals surface area contributed by atoms with Crippen molar-refractivity contribution in [3.8, 4) is 0 Å². The molecule has 1 amide bonds. The van der Waals surface area contributed by atoms with E-state index in [0.29, 0.717) is 19.4 Å². The number of alkyl carbamates (subject to hydrolysis) is 1. The number of amides is 1. The molecule has 19 heavy (non-hydrogen) atoms. The van der Waals surface area contributed by atoms with Crippen LogP contribution in [0.25, 0.3) is 0 Å². The highest BCUT2D eigenvalue weighted by molar-refractivity contribution is 5.87. The van der Waals surface area contributed by atoms with Crippen LogP contribution in [0.2, 0.25) is 0 Å². The Bertz CT molecular complexity index is 460. The lowest BCUT2D eigenvalue weighted by Gasteiger charge is -2.05. The largest absolute Gasteiger partial charge is 0.478 e. The molecule has 0 spiro atoms. The minimum atomic E-state index is -1.000. The first-order valence-corrected chi connectivity index (χ1v) is 5.82. The number of nitrogens with one attached hydrogen (secondary N) is 1. The molecule has 1 heterocycles. The van der Waals surface area contributed by atoms with Crippen LogP contribution < -0.4 is 5.32 Å². The van der Waals surface area contributed by atoms with Gasteiger partial charge in [-0.3, -0.25) is 4.98 Å². The predicted molar refractivity (Wildman–Crippen MR) is 69.1 cm³/mol. The number of carboxylic acids is 1. The van der Waals surface area contributed by atoms with Crippen molar-refractivity contribution in [3.63, 3.8) is 0 Å². The van der Waals surface area contributed by atoms with Crippen LogP contribution in [-0.2, 0) is 11.2 Å². The smallest absolute Gasteiger partial charge is 0.407 e. The number of carbonyl (C=O) groups excluding carboxylic acids is 1. The molecule has 2 N–H and O–H groups in total. The van der Waals surface area contributed by atoms with Gasteiger partial charge < -0.3 is 15.2 Å². The molecule has 0 atom stereocenters. The van der Waals surface area contributed by atoms with Crippen molar-refractivity contribution in [2.24, 2.45) is 0 Å². The summed E-state index contributed by atoms with van der Waals surface area (Å²) >= 11 is 0. The van der Waals surface area contributed by atoms with E-state index in [4.69, 9.17) is 9.84 Å². The maximum atomic E-state index is 11.1. The van der Waals surface area contributed by atoms with Gasteiger partial charge in [0.15, 0.2) is 0 Å². The normalized spacial score (nSPS) is 9.68. The molecule has 0 aliphatic heterocycles. The summed E-state index contributed by atoms with van der Waals surface area (Å²) in [7, 11) is 0. The van der Waals surface area contributed by atoms with Crippen molar-refractivity contribution in [2.75, 3.05) is 13.2 Å². The van der Waals surface area contributed by atoms with Crippen LogP contribution in [0.4, 0.5) is 4.79 Å². The summed E-state index contributed by atoms with van der Waals surface area (Å²) in [5.74, 6) is -1.000. The maximum absolute atomic E-state index is 11.1. The lowest BCUT2D eigenvalue weighted by molar-refractivity contribution is 0.0696. The van der Waals surface area contributed by atoms with E-state index >= 15 is 0 Å². The molecule has 1 rings (SSSR count). The Kier molecular flexibility index (Phi) is 6.08. The van der Waals surface area contributed by atoms with Crippen LogP contribution in [0.3, 0.4) is 0 Å². The fourth-order valence-corrected chi connectivity index (χ4v) is 1.41. The van der Waals surface area contributed by atoms with Gasteiger partial charge in [-0.2, -0.15) is 0 Å². The van der Waals surface area contributed by atoms with Crippen LogP contribution in [0.1, 0.15) is 22.3 Å². The predicted octanol–water partition coefficient (Wildman–Crippen LogP) is 1.62. The molecule has 0 aliphatic rings.